The largest absolute Gasteiger partial charge is 0.416 e. The highest BCUT2D eigenvalue weighted by Crippen LogP contribution is 2.40. The molecule has 0 radical (unpaired) electrons. The van der Waals surface area contributed by atoms with E-state index in [1.165, 1.54) is 24.6 Å². The van der Waals surface area contributed by atoms with Crippen LogP contribution in [0.2, 0.25) is 5.02 Å². The van der Waals surface area contributed by atoms with E-state index in [2.05, 4.69) is 15.2 Å². The van der Waals surface area contributed by atoms with Crippen LogP contribution >= 0.6 is 23.4 Å². The number of hydrogen-bond acceptors (Lipinski definition) is 5. The Morgan fingerprint density at radius 3 is 3.05 bits per heavy atom. The predicted molar refractivity (Wildman–Crippen MR) is 76.0 cm³/mol. The van der Waals surface area contributed by atoms with Gasteiger partial charge in [-0.3, -0.25) is 0 Å². The van der Waals surface area contributed by atoms with E-state index in [0.717, 1.165) is 17.2 Å². The number of pyridine rings is 1. The standard InChI is InChI=1S/C13H11ClN4OS/c14-9-3-4-11-15-10(6-18(11)5-9)7-20-13-17-16-12(19-13)8-1-2-8/h3-6,8H,1-2,7H2. The highest BCUT2D eigenvalue weighted by Gasteiger charge is 2.29. The van der Waals surface area contributed by atoms with Crippen LogP contribution in [-0.4, -0.2) is 19.6 Å². The Hall–Kier alpha value is -1.53. The van der Waals surface area contributed by atoms with Crippen LogP contribution in [0.4, 0.5) is 0 Å². The zero-order valence-electron chi connectivity index (χ0n) is 10.5. The zero-order valence-corrected chi connectivity index (χ0v) is 12.1. The molecule has 3 aromatic heterocycles. The highest BCUT2D eigenvalue weighted by molar-refractivity contribution is 7.98. The first kappa shape index (κ1) is 12.2. The van der Waals surface area contributed by atoms with Crippen LogP contribution < -0.4 is 0 Å². The average molecular weight is 307 g/mol. The fraction of sp³-hybridized carbons (Fsp3) is 0.308. The zero-order chi connectivity index (χ0) is 13.5. The van der Waals surface area contributed by atoms with Crippen LogP contribution in [-0.2, 0) is 5.75 Å². The number of fused-ring (bicyclic) bond motifs is 1. The molecule has 1 saturated carbocycles. The molecule has 0 N–H and O–H groups in total. The van der Waals surface area contributed by atoms with Crippen LogP contribution in [0.1, 0.15) is 30.3 Å². The minimum Gasteiger partial charge on any atom is -0.416 e. The lowest BCUT2D eigenvalue weighted by atomic mass is 10.4. The monoisotopic (exact) mass is 306 g/mol. The van der Waals surface area contributed by atoms with Gasteiger partial charge in [-0.2, -0.15) is 0 Å². The van der Waals surface area contributed by atoms with Crippen molar-refractivity contribution in [1.82, 2.24) is 19.6 Å². The lowest BCUT2D eigenvalue weighted by Crippen LogP contribution is -1.79. The molecule has 1 aliphatic rings. The smallest absolute Gasteiger partial charge is 0.276 e. The summed E-state index contributed by atoms with van der Waals surface area (Å²) in [6, 6.07) is 3.73. The van der Waals surface area contributed by atoms with Gasteiger partial charge in [-0.15, -0.1) is 10.2 Å². The Morgan fingerprint density at radius 1 is 1.30 bits per heavy atom. The summed E-state index contributed by atoms with van der Waals surface area (Å²) in [7, 11) is 0. The minimum atomic E-state index is 0.495. The van der Waals surface area contributed by atoms with E-state index >= 15 is 0 Å². The van der Waals surface area contributed by atoms with Crippen molar-refractivity contribution in [2.24, 2.45) is 0 Å². The molecule has 3 heterocycles. The van der Waals surface area contributed by atoms with E-state index in [-0.39, 0.29) is 0 Å². The van der Waals surface area contributed by atoms with Gasteiger partial charge >= 0.3 is 0 Å². The van der Waals surface area contributed by atoms with Gasteiger partial charge in [0.2, 0.25) is 5.89 Å². The number of nitrogens with zero attached hydrogens (tertiary/aromatic N) is 4. The Kier molecular flexibility index (Phi) is 2.93. The molecular formula is C13H11ClN4OS. The Balaban J connectivity index is 1.48. The fourth-order valence-electron chi connectivity index (χ4n) is 2.00. The summed E-state index contributed by atoms with van der Waals surface area (Å²) in [5, 5.41) is 9.42. The molecule has 20 heavy (non-hydrogen) atoms. The van der Waals surface area contributed by atoms with Gasteiger partial charge in [0.05, 0.1) is 10.7 Å². The first-order valence-corrected chi connectivity index (χ1v) is 7.73. The van der Waals surface area contributed by atoms with Crippen molar-refractivity contribution in [1.29, 1.82) is 0 Å². The summed E-state index contributed by atoms with van der Waals surface area (Å²) in [6.45, 7) is 0. The molecule has 0 unspecified atom stereocenters. The third-order valence-electron chi connectivity index (χ3n) is 3.16. The number of thioether (sulfide) groups is 1. The quantitative estimate of drug-likeness (QED) is 0.690. The van der Waals surface area contributed by atoms with E-state index < -0.39 is 0 Å². The average Bonchev–Trinajstić information content (AvgIpc) is 3.04. The topological polar surface area (TPSA) is 56.2 Å². The van der Waals surface area contributed by atoms with E-state index in [4.69, 9.17) is 16.0 Å². The molecule has 1 aliphatic carbocycles. The second kappa shape index (κ2) is 4.79. The van der Waals surface area contributed by atoms with Crippen LogP contribution in [0.5, 0.6) is 0 Å². The van der Waals surface area contributed by atoms with Gasteiger partial charge < -0.3 is 8.82 Å². The van der Waals surface area contributed by atoms with Crippen molar-refractivity contribution in [3.8, 4) is 0 Å². The van der Waals surface area contributed by atoms with Gasteiger partial charge in [0.15, 0.2) is 0 Å². The fourth-order valence-corrected chi connectivity index (χ4v) is 2.82. The predicted octanol–water partition coefficient (Wildman–Crippen LogP) is 3.54. The summed E-state index contributed by atoms with van der Waals surface area (Å²) in [5.74, 6) is 1.97. The van der Waals surface area contributed by atoms with E-state index in [1.54, 1.807) is 0 Å². The molecule has 102 valence electrons. The summed E-state index contributed by atoms with van der Waals surface area (Å²) >= 11 is 7.46. The van der Waals surface area contributed by atoms with Crippen molar-refractivity contribution >= 4 is 29.0 Å². The molecule has 0 saturated heterocycles. The second-order valence-corrected chi connectivity index (χ2v) is 6.18. The van der Waals surface area contributed by atoms with Crippen molar-refractivity contribution in [3.05, 3.63) is 41.1 Å². The molecule has 0 spiro atoms. The lowest BCUT2D eigenvalue weighted by molar-refractivity contribution is 0.414. The first-order chi connectivity index (χ1) is 9.78. The Labute approximate surface area is 124 Å². The van der Waals surface area contributed by atoms with Gasteiger partial charge in [0, 0.05) is 24.1 Å². The number of imidazole rings is 1. The number of hydrogen-bond donors (Lipinski definition) is 0. The SMILES string of the molecule is Clc1ccc2nc(CSc3nnc(C4CC4)o3)cn2c1. The van der Waals surface area contributed by atoms with E-state index in [0.29, 0.717) is 21.9 Å². The van der Waals surface area contributed by atoms with Crippen molar-refractivity contribution in [2.45, 2.75) is 29.7 Å². The molecule has 5 nitrogen and oxygen atoms in total. The van der Waals surface area contributed by atoms with Crippen LogP contribution in [0.25, 0.3) is 5.65 Å². The molecule has 4 rings (SSSR count). The summed E-state index contributed by atoms with van der Waals surface area (Å²) in [4.78, 5) is 4.52. The summed E-state index contributed by atoms with van der Waals surface area (Å²) in [5.41, 5.74) is 1.85. The maximum Gasteiger partial charge on any atom is 0.276 e. The number of halogens is 1. The maximum absolute atomic E-state index is 5.95. The molecule has 0 aromatic carbocycles. The third kappa shape index (κ3) is 2.41. The number of aromatic nitrogens is 4. The molecule has 0 bridgehead atoms. The Bertz CT molecular complexity index is 765. The van der Waals surface area contributed by atoms with Crippen LogP contribution in [0, 0.1) is 0 Å². The van der Waals surface area contributed by atoms with Crippen molar-refractivity contribution in [3.63, 3.8) is 0 Å². The van der Waals surface area contributed by atoms with Gasteiger partial charge in [-0.05, 0) is 25.0 Å². The second-order valence-electron chi connectivity index (χ2n) is 4.81. The van der Waals surface area contributed by atoms with Crippen LogP contribution in [0.15, 0.2) is 34.2 Å². The minimum absolute atomic E-state index is 0.495. The van der Waals surface area contributed by atoms with E-state index in [1.807, 2.05) is 28.9 Å². The molecule has 0 aliphatic heterocycles. The van der Waals surface area contributed by atoms with Gasteiger partial charge in [-0.25, -0.2) is 4.98 Å². The summed E-state index contributed by atoms with van der Waals surface area (Å²) < 4.78 is 7.53. The van der Waals surface area contributed by atoms with Gasteiger partial charge in [0.1, 0.15) is 5.65 Å². The molecule has 3 aromatic rings. The van der Waals surface area contributed by atoms with Crippen LogP contribution in [0.3, 0.4) is 0 Å². The van der Waals surface area contributed by atoms with Gasteiger partial charge in [0.25, 0.3) is 5.22 Å². The van der Waals surface area contributed by atoms with Crippen molar-refractivity contribution in [2.75, 3.05) is 0 Å². The highest BCUT2D eigenvalue weighted by atomic mass is 35.5. The summed E-state index contributed by atoms with van der Waals surface area (Å²) in [6.07, 6.45) is 6.14. The first-order valence-electron chi connectivity index (χ1n) is 6.37. The molecule has 7 heteroatoms. The van der Waals surface area contributed by atoms with Crippen molar-refractivity contribution < 1.29 is 4.42 Å². The molecule has 0 atom stereocenters. The maximum atomic E-state index is 5.95. The normalized spacial score (nSPS) is 15.1. The number of rotatable bonds is 4. The Morgan fingerprint density at radius 2 is 2.20 bits per heavy atom. The molecule has 0 amide bonds. The third-order valence-corrected chi connectivity index (χ3v) is 4.23. The van der Waals surface area contributed by atoms with E-state index in [9.17, 15) is 0 Å². The molecule has 1 fully saturated rings. The molecular weight excluding hydrogens is 296 g/mol. The van der Waals surface area contributed by atoms with Gasteiger partial charge in [-0.1, -0.05) is 23.4 Å². The lowest BCUT2D eigenvalue weighted by Gasteiger charge is -1.91.